The number of carbonyl (C=O) groups excluding carboxylic acids is 1. The molecule has 0 aromatic rings. The molecule has 2 nitrogen and oxygen atoms in total. The zero-order valence-corrected chi connectivity index (χ0v) is 6.59. The smallest absolute Gasteiger partial charge is 0.148 e. The lowest BCUT2D eigenvalue weighted by molar-refractivity contribution is -0.105. The molecule has 2 heteroatoms. The number of ether oxygens (including phenoxy) is 1. The summed E-state index contributed by atoms with van der Waals surface area (Å²) in [6.45, 7) is 4.53. The second-order valence-electron chi connectivity index (χ2n) is 2.20. The van der Waals surface area contributed by atoms with Crippen molar-refractivity contribution in [3.05, 3.63) is 11.8 Å². The fraction of sp³-hybridized carbons (Fsp3) is 0.625. The highest BCUT2D eigenvalue weighted by Crippen LogP contribution is 1.91. The van der Waals surface area contributed by atoms with Gasteiger partial charge in [0.2, 0.25) is 0 Å². The largest absolute Gasteiger partial charge is 0.501 e. The fourth-order valence-corrected chi connectivity index (χ4v) is 0.446. The topological polar surface area (TPSA) is 26.3 Å². The molecule has 0 aromatic heterocycles. The van der Waals surface area contributed by atoms with Crippen LogP contribution < -0.4 is 0 Å². The van der Waals surface area contributed by atoms with Gasteiger partial charge in [-0.3, -0.25) is 4.79 Å². The predicted octanol–water partition coefficient (Wildman–Crippen LogP) is 1.91. The Balaban J connectivity index is 3.24. The average molecular weight is 142 g/mol. The summed E-state index contributed by atoms with van der Waals surface area (Å²) in [4.78, 5) is 10.0. The van der Waals surface area contributed by atoms with Crippen LogP contribution in [0.2, 0.25) is 0 Å². The minimum Gasteiger partial charge on any atom is -0.501 e. The standard InChI is InChI=1S/C8H14O2/c1-3-4-5-10-7-8(2)6-9/h6-7H,3-5H2,1-2H3. The van der Waals surface area contributed by atoms with Crippen LogP contribution in [0.15, 0.2) is 11.8 Å². The lowest BCUT2D eigenvalue weighted by Crippen LogP contribution is -1.87. The van der Waals surface area contributed by atoms with Crippen LogP contribution in [0.4, 0.5) is 0 Å². The Labute approximate surface area is 61.9 Å². The van der Waals surface area contributed by atoms with Crippen LogP contribution in [0.25, 0.3) is 0 Å². The summed E-state index contributed by atoms with van der Waals surface area (Å²) < 4.78 is 5.03. The third kappa shape index (κ3) is 5.35. The van der Waals surface area contributed by atoms with Crippen molar-refractivity contribution >= 4 is 6.29 Å². The first-order chi connectivity index (χ1) is 4.81. The molecule has 0 aliphatic rings. The molecule has 0 aliphatic heterocycles. The molecule has 10 heavy (non-hydrogen) atoms. The summed E-state index contributed by atoms with van der Waals surface area (Å²) in [6.07, 6.45) is 4.45. The van der Waals surface area contributed by atoms with Gasteiger partial charge >= 0.3 is 0 Å². The first-order valence-electron chi connectivity index (χ1n) is 3.54. The molecular weight excluding hydrogens is 128 g/mol. The minimum absolute atomic E-state index is 0.635. The molecule has 58 valence electrons. The lowest BCUT2D eigenvalue weighted by Gasteiger charge is -1.97. The van der Waals surface area contributed by atoms with Crippen LogP contribution in [0.3, 0.4) is 0 Å². The third-order valence-electron chi connectivity index (χ3n) is 1.07. The number of rotatable bonds is 5. The van der Waals surface area contributed by atoms with E-state index in [1.54, 1.807) is 6.92 Å². The Morgan fingerprint density at radius 2 is 2.30 bits per heavy atom. The summed E-state index contributed by atoms with van der Waals surface area (Å²) in [6, 6.07) is 0. The van der Waals surface area contributed by atoms with Gasteiger partial charge in [0.05, 0.1) is 12.9 Å². The van der Waals surface area contributed by atoms with E-state index in [1.807, 2.05) is 0 Å². The van der Waals surface area contributed by atoms with Crippen molar-refractivity contribution in [2.75, 3.05) is 6.61 Å². The number of carbonyl (C=O) groups is 1. The highest BCUT2D eigenvalue weighted by atomic mass is 16.5. The SMILES string of the molecule is CCCCOC=C(C)C=O. The van der Waals surface area contributed by atoms with Crippen LogP contribution in [0.1, 0.15) is 26.7 Å². The number of unbranched alkanes of at least 4 members (excludes halogenated alkanes) is 1. The highest BCUT2D eigenvalue weighted by Gasteiger charge is 1.84. The molecule has 0 bridgehead atoms. The van der Waals surface area contributed by atoms with Crippen LogP contribution >= 0.6 is 0 Å². The van der Waals surface area contributed by atoms with E-state index in [2.05, 4.69) is 6.92 Å². The Kier molecular flexibility index (Phi) is 5.83. The first kappa shape index (κ1) is 9.21. The van der Waals surface area contributed by atoms with Crippen molar-refractivity contribution in [2.24, 2.45) is 0 Å². The normalized spacial score (nSPS) is 11.2. The summed E-state index contributed by atoms with van der Waals surface area (Å²) in [5.74, 6) is 0. The van der Waals surface area contributed by atoms with E-state index in [-0.39, 0.29) is 0 Å². The highest BCUT2D eigenvalue weighted by molar-refractivity contribution is 5.71. The first-order valence-corrected chi connectivity index (χ1v) is 3.54. The molecule has 0 radical (unpaired) electrons. The number of hydrogen-bond acceptors (Lipinski definition) is 2. The molecular formula is C8H14O2. The zero-order chi connectivity index (χ0) is 7.82. The molecule has 0 N–H and O–H groups in total. The van der Waals surface area contributed by atoms with Crippen LogP contribution in [-0.4, -0.2) is 12.9 Å². The molecule has 0 saturated heterocycles. The maximum Gasteiger partial charge on any atom is 0.148 e. The monoisotopic (exact) mass is 142 g/mol. The molecule has 0 aliphatic carbocycles. The van der Waals surface area contributed by atoms with Gasteiger partial charge in [0.25, 0.3) is 0 Å². The lowest BCUT2D eigenvalue weighted by atomic mass is 10.3. The van der Waals surface area contributed by atoms with E-state index >= 15 is 0 Å². The van der Waals surface area contributed by atoms with E-state index in [4.69, 9.17) is 4.74 Å². The molecule has 0 spiro atoms. The van der Waals surface area contributed by atoms with Gasteiger partial charge in [-0.1, -0.05) is 13.3 Å². The number of hydrogen-bond donors (Lipinski definition) is 0. The number of allylic oxidation sites excluding steroid dienone is 1. The predicted molar refractivity (Wildman–Crippen MR) is 40.7 cm³/mol. The van der Waals surface area contributed by atoms with Crippen molar-refractivity contribution < 1.29 is 9.53 Å². The van der Waals surface area contributed by atoms with E-state index in [9.17, 15) is 4.79 Å². The molecule has 0 saturated carbocycles. The van der Waals surface area contributed by atoms with Crippen molar-refractivity contribution in [3.63, 3.8) is 0 Å². The van der Waals surface area contributed by atoms with Crippen molar-refractivity contribution in [3.8, 4) is 0 Å². The quantitative estimate of drug-likeness (QED) is 0.253. The average Bonchev–Trinajstić information content (AvgIpc) is 1.98. The Bertz CT molecular complexity index is 116. The van der Waals surface area contributed by atoms with E-state index < -0.39 is 0 Å². The van der Waals surface area contributed by atoms with Gasteiger partial charge in [-0.05, 0) is 13.3 Å². The van der Waals surface area contributed by atoms with E-state index in [0.717, 1.165) is 19.1 Å². The molecule has 0 aromatic carbocycles. The Morgan fingerprint density at radius 1 is 1.60 bits per heavy atom. The van der Waals surface area contributed by atoms with Gasteiger partial charge in [-0.15, -0.1) is 0 Å². The van der Waals surface area contributed by atoms with Gasteiger partial charge in [0.1, 0.15) is 6.29 Å². The van der Waals surface area contributed by atoms with E-state index in [0.29, 0.717) is 12.2 Å². The van der Waals surface area contributed by atoms with Crippen molar-refractivity contribution in [1.82, 2.24) is 0 Å². The second-order valence-corrected chi connectivity index (χ2v) is 2.20. The molecule has 0 fully saturated rings. The molecule has 0 atom stereocenters. The second kappa shape index (κ2) is 6.33. The van der Waals surface area contributed by atoms with Crippen LogP contribution in [0.5, 0.6) is 0 Å². The van der Waals surface area contributed by atoms with Gasteiger partial charge < -0.3 is 4.74 Å². The Hall–Kier alpha value is -0.790. The fourth-order valence-electron chi connectivity index (χ4n) is 0.446. The maximum absolute atomic E-state index is 10.0. The van der Waals surface area contributed by atoms with Gasteiger partial charge in [0.15, 0.2) is 0 Å². The third-order valence-corrected chi connectivity index (χ3v) is 1.07. The molecule has 0 heterocycles. The van der Waals surface area contributed by atoms with Crippen LogP contribution in [-0.2, 0) is 9.53 Å². The van der Waals surface area contributed by atoms with Gasteiger partial charge in [0, 0.05) is 5.57 Å². The molecule has 0 unspecified atom stereocenters. The maximum atomic E-state index is 10.0. The van der Waals surface area contributed by atoms with Crippen molar-refractivity contribution in [1.29, 1.82) is 0 Å². The molecule has 0 rings (SSSR count). The molecule has 0 amide bonds. The summed E-state index contributed by atoms with van der Waals surface area (Å²) in [5, 5.41) is 0. The summed E-state index contributed by atoms with van der Waals surface area (Å²) >= 11 is 0. The number of aldehydes is 1. The summed E-state index contributed by atoms with van der Waals surface area (Å²) in [7, 11) is 0. The van der Waals surface area contributed by atoms with Gasteiger partial charge in [-0.2, -0.15) is 0 Å². The van der Waals surface area contributed by atoms with Gasteiger partial charge in [-0.25, -0.2) is 0 Å². The van der Waals surface area contributed by atoms with Crippen molar-refractivity contribution in [2.45, 2.75) is 26.7 Å². The Morgan fingerprint density at radius 3 is 2.80 bits per heavy atom. The minimum atomic E-state index is 0.635. The summed E-state index contributed by atoms with van der Waals surface area (Å²) in [5.41, 5.74) is 0.635. The zero-order valence-electron chi connectivity index (χ0n) is 6.59. The van der Waals surface area contributed by atoms with E-state index in [1.165, 1.54) is 6.26 Å². The van der Waals surface area contributed by atoms with Crippen LogP contribution in [0, 0.1) is 0 Å².